The van der Waals surface area contributed by atoms with Gasteiger partial charge in [-0.25, -0.2) is 0 Å². The minimum Gasteiger partial charge on any atom is -0.106 e. The molecule has 0 N–H and O–H groups in total. The van der Waals surface area contributed by atoms with Crippen molar-refractivity contribution in [2.75, 3.05) is 0 Å². The van der Waals surface area contributed by atoms with Crippen LogP contribution in [0.25, 0.3) is 10.4 Å². The molecule has 0 spiro atoms. The average Bonchev–Trinajstić information content (AvgIpc) is 2.99. The summed E-state index contributed by atoms with van der Waals surface area (Å²) < 4.78 is 0. The summed E-state index contributed by atoms with van der Waals surface area (Å²) in [6.45, 7) is 14.5. The molecular weight excluding hydrogens is 339 g/mol. The second-order valence-corrected chi connectivity index (χ2v) is 11.5. The maximum atomic E-state index is 4.37. The molecule has 0 saturated heterocycles. The van der Waals surface area contributed by atoms with Crippen LogP contribution in [0, 0.1) is 0 Å². The van der Waals surface area contributed by atoms with Crippen LogP contribution in [0.4, 0.5) is 0 Å². The van der Waals surface area contributed by atoms with E-state index >= 15 is 0 Å². The van der Waals surface area contributed by atoms with Gasteiger partial charge in [-0.1, -0.05) is 117 Å². The fourth-order valence-electron chi connectivity index (χ4n) is 4.86. The monoisotopic (exact) mass is 370 g/mol. The van der Waals surface area contributed by atoms with Crippen molar-refractivity contribution in [3.05, 3.63) is 95.1 Å². The molecule has 0 saturated carbocycles. The highest BCUT2D eigenvalue weighted by Gasteiger charge is 2.45. The lowest BCUT2D eigenvalue weighted by molar-refractivity contribution is 1.14. The summed E-state index contributed by atoms with van der Waals surface area (Å²) in [6.07, 6.45) is 3.47. The molecule has 1 aliphatic heterocycles. The summed E-state index contributed by atoms with van der Waals surface area (Å²) in [5, 5.41) is 3.18. The molecule has 1 unspecified atom stereocenters. The molecule has 0 bridgehead atoms. The van der Waals surface area contributed by atoms with Crippen molar-refractivity contribution in [1.82, 2.24) is 0 Å². The van der Waals surface area contributed by atoms with Crippen LogP contribution >= 0.6 is 0 Å². The van der Waals surface area contributed by atoms with Gasteiger partial charge in [0.2, 0.25) is 0 Å². The van der Waals surface area contributed by atoms with E-state index in [0.717, 1.165) is 6.42 Å². The standard InChI is InChI=1S/C25H31BSi/c1-6-22-23(26(7-2)8-3)25(21-18-14-11-15-19-21)27(5,9-4)24(22)20-16-12-10-13-17-20/h9-19H,4,6-8H2,1-3,5H3. The Labute approximate surface area is 166 Å². The van der Waals surface area contributed by atoms with Crippen molar-refractivity contribution in [1.29, 1.82) is 0 Å². The molecule has 1 atom stereocenters. The first-order chi connectivity index (χ1) is 13.1. The Morgan fingerprint density at radius 2 is 1.30 bits per heavy atom. The van der Waals surface area contributed by atoms with Gasteiger partial charge in [0, 0.05) is 0 Å². The van der Waals surface area contributed by atoms with Crippen LogP contribution in [0.5, 0.6) is 0 Å². The topological polar surface area (TPSA) is 0 Å². The molecule has 0 radical (unpaired) electrons. The van der Waals surface area contributed by atoms with Gasteiger partial charge in [0.25, 0.3) is 0 Å². The van der Waals surface area contributed by atoms with Crippen molar-refractivity contribution in [3.8, 4) is 0 Å². The third kappa shape index (κ3) is 3.32. The Bertz CT molecular complexity index is 860. The van der Waals surface area contributed by atoms with Crippen LogP contribution in [0.2, 0.25) is 19.2 Å². The van der Waals surface area contributed by atoms with E-state index in [4.69, 9.17) is 0 Å². The molecule has 2 aromatic carbocycles. The van der Waals surface area contributed by atoms with E-state index in [1.807, 2.05) is 0 Å². The minimum atomic E-state index is -2.02. The maximum Gasteiger partial charge on any atom is 0.175 e. The van der Waals surface area contributed by atoms with Crippen molar-refractivity contribution in [3.63, 3.8) is 0 Å². The lowest BCUT2D eigenvalue weighted by Gasteiger charge is -2.28. The molecule has 0 nitrogen and oxygen atoms in total. The summed E-state index contributed by atoms with van der Waals surface area (Å²) in [6, 6.07) is 22.1. The summed E-state index contributed by atoms with van der Waals surface area (Å²) in [5.41, 5.74) is 8.30. The second kappa shape index (κ2) is 8.31. The molecule has 27 heavy (non-hydrogen) atoms. The fourth-order valence-corrected chi connectivity index (χ4v) is 8.91. The summed E-state index contributed by atoms with van der Waals surface area (Å²) in [5.74, 6) is 0. The number of hydrogen-bond acceptors (Lipinski definition) is 0. The molecule has 0 aromatic heterocycles. The molecular formula is C25H31BSi. The van der Waals surface area contributed by atoms with E-state index in [9.17, 15) is 0 Å². The van der Waals surface area contributed by atoms with Gasteiger partial charge in [-0.3, -0.25) is 0 Å². The summed E-state index contributed by atoms with van der Waals surface area (Å²) >= 11 is 0. The quantitative estimate of drug-likeness (QED) is 0.449. The first-order valence-corrected chi connectivity index (χ1v) is 12.9. The SMILES string of the molecule is C=C[Si]1(C)C(c2ccccc2)=C(CC)C(B(CC)CC)=C1c1ccccc1. The van der Waals surface area contributed by atoms with Crippen LogP contribution in [0.15, 0.2) is 84.0 Å². The number of benzene rings is 2. The minimum absolute atomic E-state index is 0.614. The Hall–Kier alpha value is -2.06. The highest BCUT2D eigenvalue weighted by molar-refractivity contribution is 7.15. The average molecular weight is 370 g/mol. The van der Waals surface area contributed by atoms with Gasteiger partial charge in [-0.05, 0) is 27.9 Å². The lowest BCUT2D eigenvalue weighted by atomic mass is 9.39. The van der Waals surface area contributed by atoms with Crippen LogP contribution in [-0.4, -0.2) is 14.8 Å². The van der Waals surface area contributed by atoms with E-state index in [2.05, 4.69) is 100 Å². The Morgan fingerprint density at radius 1 is 0.815 bits per heavy atom. The third-order valence-electron chi connectivity index (χ3n) is 6.22. The van der Waals surface area contributed by atoms with E-state index in [1.165, 1.54) is 23.8 Å². The molecule has 2 aromatic rings. The zero-order chi connectivity index (χ0) is 19.4. The molecule has 3 rings (SSSR count). The normalized spacial score (nSPS) is 19.6. The molecule has 0 amide bonds. The summed E-state index contributed by atoms with van der Waals surface area (Å²) in [7, 11) is -2.02. The second-order valence-electron chi connectivity index (χ2n) is 7.65. The van der Waals surface area contributed by atoms with E-state index in [0.29, 0.717) is 6.71 Å². The zero-order valence-corrected chi connectivity index (χ0v) is 18.3. The van der Waals surface area contributed by atoms with Gasteiger partial charge in [0.15, 0.2) is 6.71 Å². The molecule has 1 heterocycles. The van der Waals surface area contributed by atoms with Gasteiger partial charge >= 0.3 is 0 Å². The van der Waals surface area contributed by atoms with Crippen molar-refractivity contribution < 1.29 is 0 Å². The number of rotatable bonds is 7. The van der Waals surface area contributed by atoms with Crippen LogP contribution in [0.1, 0.15) is 38.3 Å². The number of hydrogen-bond donors (Lipinski definition) is 0. The van der Waals surface area contributed by atoms with Crippen LogP contribution in [-0.2, 0) is 0 Å². The fraction of sp³-hybridized carbons (Fsp3) is 0.280. The summed E-state index contributed by atoms with van der Waals surface area (Å²) in [4.78, 5) is 0. The molecule has 0 fully saturated rings. The predicted molar refractivity (Wildman–Crippen MR) is 126 cm³/mol. The van der Waals surface area contributed by atoms with E-state index < -0.39 is 8.07 Å². The first-order valence-electron chi connectivity index (χ1n) is 10.3. The predicted octanol–water partition coefficient (Wildman–Crippen LogP) is 7.27. The van der Waals surface area contributed by atoms with Gasteiger partial charge in [0.1, 0.15) is 8.07 Å². The molecule has 138 valence electrons. The van der Waals surface area contributed by atoms with E-state index in [1.54, 1.807) is 21.4 Å². The van der Waals surface area contributed by atoms with Gasteiger partial charge in [0.05, 0.1) is 0 Å². The molecule has 2 heteroatoms. The largest absolute Gasteiger partial charge is 0.175 e. The smallest absolute Gasteiger partial charge is 0.106 e. The highest BCUT2D eigenvalue weighted by Crippen LogP contribution is 2.51. The molecule has 1 aliphatic rings. The van der Waals surface area contributed by atoms with Crippen LogP contribution < -0.4 is 0 Å². The maximum absolute atomic E-state index is 4.37. The van der Waals surface area contributed by atoms with Crippen molar-refractivity contribution >= 4 is 25.2 Å². The van der Waals surface area contributed by atoms with Crippen molar-refractivity contribution in [2.24, 2.45) is 0 Å². The molecule has 0 aliphatic carbocycles. The van der Waals surface area contributed by atoms with Gasteiger partial charge < -0.3 is 0 Å². The van der Waals surface area contributed by atoms with E-state index in [-0.39, 0.29) is 0 Å². The third-order valence-corrected chi connectivity index (χ3v) is 10.3. The Morgan fingerprint density at radius 3 is 1.70 bits per heavy atom. The van der Waals surface area contributed by atoms with Gasteiger partial charge in [-0.2, -0.15) is 0 Å². The Balaban J connectivity index is 2.37. The van der Waals surface area contributed by atoms with Crippen molar-refractivity contribution in [2.45, 2.75) is 46.4 Å². The number of allylic oxidation sites excluding steroid dienone is 2. The first kappa shape index (κ1) is 19.7. The van der Waals surface area contributed by atoms with Crippen LogP contribution in [0.3, 0.4) is 0 Å². The zero-order valence-electron chi connectivity index (χ0n) is 17.3. The highest BCUT2D eigenvalue weighted by atomic mass is 28.3. The Kier molecular flexibility index (Phi) is 6.06. The lowest BCUT2D eigenvalue weighted by Crippen LogP contribution is -2.31. The van der Waals surface area contributed by atoms with Gasteiger partial charge in [-0.15, -0.1) is 6.58 Å².